The standard InChI is InChI=1S/C24H27BrN4O5/c1-7-14(2)34-21-19(29(31)32)10-15(11-20(21)33-6)13-26-28-22(30)17-12-16(25)8-9-18(17)27-23(28)24(3,4)5/h8-14H,7H2,1-6H3/t14-/m1/s1. The zero-order valence-corrected chi connectivity index (χ0v) is 21.5. The van der Waals surface area contributed by atoms with Crippen LogP contribution in [0.25, 0.3) is 10.9 Å². The fourth-order valence-corrected chi connectivity index (χ4v) is 3.60. The maximum atomic E-state index is 13.3. The van der Waals surface area contributed by atoms with E-state index >= 15 is 0 Å². The Morgan fingerprint density at radius 2 is 2.00 bits per heavy atom. The van der Waals surface area contributed by atoms with Crippen LogP contribution in [0, 0.1) is 10.1 Å². The molecule has 180 valence electrons. The summed E-state index contributed by atoms with van der Waals surface area (Å²) in [6, 6.07) is 8.22. The van der Waals surface area contributed by atoms with Crippen LogP contribution in [0.2, 0.25) is 0 Å². The van der Waals surface area contributed by atoms with E-state index in [0.717, 1.165) is 4.47 Å². The zero-order valence-electron chi connectivity index (χ0n) is 20.0. The van der Waals surface area contributed by atoms with Gasteiger partial charge in [-0.05, 0) is 37.6 Å². The van der Waals surface area contributed by atoms with Crippen molar-refractivity contribution in [2.24, 2.45) is 5.10 Å². The zero-order chi connectivity index (χ0) is 25.2. The Hall–Kier alpha value is -3.27. The maximum absolute atomic E-state index is 13.3. The Morgan fingerprint density at radius 1 is 1.29 bits per heavy atom. The second-order valence-electron chi connectivity index (χ2n) is 8.87. The Morgan fingerprint density at radius 3 is 2.59 bits per heavy atom. The summed E-state index contributed by atoms with van der Waals surface area (Å²) in [4.78, 5) is 29.2. The van der Waals surface area contributed by atoms with E-state index in [4.69, 9.17) is 9.47 Å². The number of nitro groups is 1. The summed E-state index contributed by atoms with van der Waals surface area (Å²) in [5, 5.41) is 16.6. The van der Waals surface area contributed by atoms with Gasteiger partial charge in [-0.15, -0.1) is 0 Å². The molecule has 0 saturated heterocycles. The van der Waals surface area contributed by atoms with Gasteiger partial charge < -0.3 is 9.47 Å². The van der Waals surface area contributed by atoms with Crippen molar-refractivity contribution in [3.63, 3.8) is 0 Å². The largest absolute Gasteiger partial charge is 0.493 e. The molecule has 34 heavy (non-hydrogen) atoms. The van der Waals surface area contributed by atoms with Gasteiger partial charge in [0.1, 0.15) is 5.82 Å². The quantitative estimate of drug-likeness (QED) is 0.228. The Balaban J connectivity index is 2.19. The molecular weight excluding hydrogens is 504 g/mol. The minimum atomic E-state index is -0.528. The van der Waals surface area contributed by atoms with Crippen LogP contribution in [0.3, 0.4) is 0 Å². The Kier molecular flexibility index (Phi) is 7.40. The highest BCUT2D eigenvalue weighted by Gasteiger charge is 2.25. The normalized spacial score (nSPS) is 12.8. The van der Waals surface area contributed by atoms with Crippen molar-refractivity contribution in [2.45, 2.75) is 52.6 Å². The number of hydrogen-bond donors (Lipinski definition) is 0. The van der Waals surface area contributed by atoms with Gasteiger partial charge in [-0.1, -0.05) is 43.6 Å². The van der Waals surface area contributed by atoms with Crippen LogP contribution < -0.4 is 15.0 Å². The number of methoxy groups -OCH3 is 1. The molecule has 0 radical (unpaired) electrons. The number of nitrogens with zero attached hydrogens (tertiary/aromatic N) is 4. The fourth-order valence-electron chi connectivity index (χ4n) is 3.24. The lowest BCUT2D eigenvalue weighted by Crippen LogP contribution is -2.29. The first-order valence-corrected chi connectivity index (χ1v) is 11.6. The third-order valence-corrected chi connectivity index (χ3v) is 5.66. The topological polar surface area (TPSA) is 109 Å². The molecule has 0 unspecified atom stereocenters. The predicted molar refractivity (Wildman–Crippen MR) is 135 cm³/mol. The van der Waals surface area contributed by atoms with E-state index in [-0.39, 0.29) is 28.8 Å². The number of hydrogen-bond acceptors (Lipinski definition) is 7. The fraction of sp³-hybridized carbons (Fsp3) is 0.375. The third kappa shape index (κ3) is 5.27. The highest BCUT2D eigenvalue weighted by Crippen LogP contribution is 2.39. The van der Waals surface area contributed by atoms with Crippen molar-refractivity contribution in [1.29, 1.82) is 0 Å². The molecule has 1 atom stereocenters. The van der Waals surface area contributed by atoms with E-state index in [1.165, 1.54) is 24.1 Å². The smallest absolute Gasteiger partial charge is 0.315 e. The molecule has 0 amide bonds. The summed E-state index contributed by atoms with van der Waals surface area (Å²) >= 11 is 3.39. The van der Waals surface area contributed by atoms with Crippen molar-refractivity contribution in [1.82, 2.24) is 9.66 Å². The lowest BCUT2D eigenvalue weighted by Gasteiger charge is -2.21. The summed E-state index contributed by atoms with van der Waals surface area (Å²) in [5.41, 5.74) is -0.139. The number of nitro benzene ring substituents is 1. The van der Waals surface area contributed by atoms with Gasteiger partial charge in [-0.3, -0.25) is 14.9 Å². The van der Waals surface area contributed by atoms with E-state index in [9.17, 15) is 14.9 Å². The first-order valence-electron chi connectivity index (χ1n) is 10.8. The average molecular weight is 531 g/mol. The molecule has 1 heterocycles. The molecule has 0 fully saturated rings. The van der Waals surface area contributed by atoms with Crippen molar-refractivity contribution < 1.29 is 14.4 Å². The minimum Gasteiger partial charge on any atom is -0.493 e. The molecule has 0 N–H and O–H groups in total. The molecule has 3 rings (SSSR count). The highest BCUT2D eigenvalue weighted by atomic mass is 79.9. The number of aromatic nitrogens is 2. The van der Waals surface area contributed by atoms with E-state index < -0.39 is 10.3 Å². The van der Waals surface area contributed by atoms with Gasteiger partial charge >= 0.3 is 5.69 Å². The molecule has 0 aliphatic carbocycles. The molecule has 0 bridgehead atoms. The summed E-state index contributed by atoms with van der Waals surface area (Å²) in [6.07, 6.45) is 1.82. The van der Waals surface area contributed by atoms with Crippen molar-refractivity contribution >= 4 is 38.7 Å². The number of halogens is 1. The van der Waals surface area contributed by atoms with Crippen molar-refractivity contribution in [3.05, 3.63) is 66.7 Å². The van der Waals surface area contributed by atoms with Gasteiger partial charge in [0, 0.05) is 21.5 Å². The minimum absolute atomic E-state index is 0.0590. The van der Waals surface area contributed by atoms with Gasteiger partial charge in [0.25, 0.3) is 5.56 Å². The van der Waals surface area contributed by atoms with Crippen molar-refractivity contribution in [3.8, 4) is 11.5 Å². The Bertz CT molecular complexity index is 1330. The van der Waals surface area contributed by atoms with E-state index in [2.05, 4.69) is 26.0 Å². The summed E-state index contributed by atoms with van der Waals surface area (Å²) in [5.74, 6) is 0.727. The number of fused-ring (bicyclic) bond motifs is 1. The van der Waals surface area contributed by atoms with E-state index in [1.54, 1.807) is 18.2 Å². The van der Waals surface area contributed by atoms with Gasteiger partial charge in [-0.25, -0.2) is 4.98 Å². The molecular formula is C24H27BrN4O5. The van der Waals surface area contributed by atoms with Crippen LogP contribution >= 0.6 is 15.9 Å². The molecule has 0 aliphatic rings. The van der Waals surface area contributed by atoms with E-state index in [0.29, 0.717) is 28.7 Å². The molecule has 1 aromatic heterocycles. The maximum Gasteiger partial charge on any atom is 0.315 e. The van der Waals surface area contributed by atoms with Crippen LogP contribution in [0.4, 0.5) is 5.69 Å². The molecule has 0 spiro atoms. The SMILES string of the molecule is CC[C@@H](C)Oc1c(OC)cc(C=Nn2c(C(C)(C)C)nc3ccc(Br)cc3c2=O)cc1[N+](=O)[O-]. The predicted octanol–water partition coefficient (Wildman–Crippen LogP) is 5.43. The second kappa shape index (κ2) is 9.92. The summed E-state index contributed by atoms with van der Waals surface area (Å²) in [7, 11) is 1.41. The number of rotatable bonds is 7. The molecule has 0 aliphatic heterocycles. The number of ether oxygens (including phenoxy) is 2. The first kappa shape index (κ1) is 25.4. The monoisotopic (exact) mass is 530 g/mol. The lowest BCUT2D eigenvalue weighted by molar-refractivity contribution is -0.386. The number of benzene rings is 2. The van der Waals surface area contributed by atoms with E-state index in [1.807, 2.05) is 40.7 Å². The molecule has 2 aromatic carbocycles. The van der Waals surface area contributed by atoms with Gasteiger partial charge in [-0.2, -0.15) is 9.78 Å². The van der Waals surface area contributed by atoms with Gasteiger partial charge in [0.05, 0.1) is 35.3 Å². The van der Waals surface area contributed by atoms with Crippen LogP contribution in [-0.4, -0.2) is 34.0 Å². The molecule has 3 aromatic rings. The lowest BCUT2D eigenvalue weighted by atomic mass is 9.95. The molecule has 10 heteroatoms. The van der Waals surface area contributed by atoms with Crippen LogP contribution in [0.5, 0.6) is 11.5 Å². The molecule has 9 nitrogen and oxygen atoms in total. The summed E-state index contributed by atoms with van der Waals surface area (Å²) in [6.45, 7) is 9.54. The first-order chi connectivity index (χ1) is 16.0. The van der Waals surface area contributed by atoms with Crippen LogP contribution in [0.15, 0.2) is 44.7 Å². The van der Waals surface area contributed by atoms with Crippen LogP contribution in [0.1, 0.15) is 52.4 Å². The average Bonchev–Trinajstić information content (AvgIpc) is 2.78. The Labute approximate surface area is 205 Å². The second-order valence-corrected chi connectivity index (χ2v) is 9.79. The molecule has 0 saturated carbocycles. The van der Waals surface area contributed by atoms with Gasteiger partial charge in [0.15, 0.2) is 5.75 Å². The van der Waals surface area contributed by atoms with Gasteiger partial charge in [0.2, 0.25) is 5.75 Å². The van der Waals surface area contributed by atoms with Crippen LogP contribution in [-0.2, 0) is 5.41 Å². The third-order valence-electron chi connectivity index (χ3n) is 5.17. The highest BCUT2D eigenvalue weighted by molar-refractivity contribution is 9.10. The summed E-state index contributed by atoms with van der Waals surface area (Å²) < 4.78 is 13.1. The van der Waals surface area contributed by atoms with Crippen molar-refractivity contribution in [2.75, 3.05) is 7.11 Å².